The second-order valence-corrected chi connectivity index (χ2v) is 7.25. The molecule has 0 radical (unpaired) electrons. The van der Waals surface area contributed by atoms with Gasteiger partial charge in [0.2, 0.25) is 0 Å². The summed E-state index contributed by atoms with van der Waals surface area (Å²) in [7, 11) is 1.59. The highest BCUT2D eigenvalue weighted by Crippen LogP contribution is 2.31. The van der Waals surface area contributed by atoms with Crippen LogP contribution >= 0.6 is 0 Å². The summed E-state index contributed by atoms with van der Waals surface area (Å²) >= 11 is 0. The quantitative estimate of drug-likeness (QED) is 0.790. The minimum Gasteiger partial charge on any atom is -0.493 e. The van der Waals surface area contributed by atoms with Crippen molar-refractivity contribution in [2.75, 3.05) is 19.0 Å². The van der Waals surface area contributed by atoms with Crippen LogP contribution in [0.1, 0.15) is 31.9 Å². The van der Waals surface area contributed by atoms with E-state index in [2.05, 4.69) is 31.4 Å². The number of para-hydroxylation sites is 1. The second-order valence-electron chi connectivity index (χ2n) is 7.25. The van der Waals surface area contributed by atoms with Crippen molar-refractivity contribution in [1.29, 1.82) is 0 Å². The van der Waals surface area contributed by atoms with Crippen LogP contribution in [0.4, 0.5) is 5.69 Å². The first-order valence-corrected chi connectivity index (χ1v) is 8.69. The van der Waals surface area contributed by atoms with E-state index in [1.54, 1.807) is 7.11 Å². The zero-order chi connectivity index (χ0) is 19.2. The van der Waals surface area contributed by atoms with Crippen molar-refractivity contribution >= 4 is 11.6 Å². The number of rotatable bonds is 7. The highest BCUT2D eigenvalue weighted by molar-refractivity contribution is 5.91. The second kappa shape index (κ2) is 8.72. The van der Waals surface area contributed by atoms with Gasteiger partial charge < -0.3 is 20.1 Å². The number of ether oxygens (including phenoxy) is 2. The Morgan fingerprint density at radius 3 is 2.38 bits per heavy atom. The molecule has 0 fully saturated rings. The van der Waals surface area contributed by atoms with Crippen molar-refractivity contribution in [1.82, 2.24) is 5.32 Å². The monoisotopic (exact) mass is 356 g/mol. The SMILES string of the molecule is COc1cccc(CNC(C)(C)C)c1OCC(=O)Nc1ccc(C)cc1. The summed E-state index contributed by atoms with van der Waals surface area (Å²) in [6.45, 7) is 8.84. The fraction of sp³-hybridized carbons (Fsp3) is 0.381. The fourth-order valence-electron chi connectivity index (χ4n) is 2.36. The molecule has 0 aliphatic heterocycles. The van der Waals surface area contributed by atoms with E-state index >= 15 is 0 Å². The van der Waals surface area contributed by atoms with Crippen LogP contribution in [0.3, 0.4) is 0 Å². The molecule has 0 aromatic heterocycles. The summed E-state index contributed by atoms with van der Waals surface area (Å²) in [5.74, 6) is 0.988. The van der Waals surface area contributed by atoms with Crippen LogP contribution < -0.4 is 20.1 Å². The van der Waals surface area contributed by atoms with Crippen molar-refractivity contribution in [3.63, 3.8) is 0 Å². The Hall–Kier alpha value is -2.53. The largest absolute Gasteiger partial charge is 0.493 e. The molecule has 0 saturated heterocycles. The Kier molecular flexibility index (Phi) is 6.64. The molecule has 0 aliphatic rings. The molecule has 0 saturated carbocycles. The smallest absolute Gasteiger partial charge is 0.262 e. The van der Waals surface area contributed by atoms with Gasteiger partial charge in [-0.1, -0.05) is 29.8 Å². The maximum atomic E-state index is 12.2. The van der Waals surface area contributed by atoms with Crippen LogP contribution in [0.15, 0.2) is 42.5 Å². The lowest BCUT2D eigenvalue weighted by molar-refractivity contribution is -0.118. The van der Waals surface area contributed by atoms with Gasteiger partial charge >= 0.3 is 0 Å². The van der Waals surface area contributed by atoms with Crippen LogP contribution in [0.2, 0.25) is 0 Å². The van der Waals surface area contributed by atoms with E-state index in [4.69, 9.17) is 9.47 Å². The number of aryl methyl sites for hydroxylation is 1. The summed E-state index contributed by atoms with van der Waals surface area (Å²) in [4.78, 5) is 12.2. The zero-order valence-corrected chi connectivity index (χ0v) is 16.2. The zero-order valence-electron chi connectivity index (χ0n) is 16.2. The molecule has 5 nitrogen and oxygen atoms in total. The number of carbonyl (C=O) groups is 1. The number of carbonyl (C=O) groups excluding carboxylic acids is 1. The first-order chi connectivity index (χ1) is 12.3. The molecule has 0 bridgehead atoms. The molecule has 140 valence electrons. The molecule has 1 amide bonds. The lowest BCUT2D eigenvalue weighted by Gasteiger charge is -2.22. The lowest BCUT2D eigenvalue weighted by Crippen LogP contribution is -2.35. The molecular weight excluding hydrogens is 328 g/mol. The van der Waals surface area contributed by atoms with Gasteiger partial charge in [0.25, 0.3) is 5.91 Å². The fourth-order valence-corrected chi connectivity index (χ4v) is 2.36. The Morgan fingerprint density at radius 1 is 1.08 bits per heavy atom. The van der Waals surface area contributed by atoms with E-state index in [0.717, 1.165) is 16.8 Å². The maximum absolute atomic E-state index is 12.2. The van der Waals surface area contributed by atoms with Gasteiger partial charge in [0, 0.05) is 23.3 Å². The van der Waals surface area contributed by atoms with Gasteiger partial charge in [-0.25, -0.2) is 0 Å². The summed E-state index contributed by atoms with van der Waals surface area (Å²) in [5, 5.41) is 6.26. The molecule has 2 aromatic carbocycles. The maximum Gasteiger partial charge on any atom is 0.262 e. The normalized spacial score (nSPS) is 11.1. The van der Waals surface area contributed by atoms with Gasteiger partial charge in [-0.3, -0.25) is 4.79 Å². The van der Waals surface area contributed by atoms with E-state index in [9.17, 15) is 4.79 Å². The highest BCUT2D eigenvalue weighted by Gasteiger charge is 2.15. The van der Waals surface area contributed by atoms with Gasteiger partial charge in [0.05, 0.1) is 7.11 Å². The summed E-state index contributed by atoms with van der Waals surface area (Å²) in [6, 6.07) is 13.4. The van der Waals surface area contributed by atoms with Gasteiger partial charge in [0.15, 0.2) is 18.1 Å². The molecule has 0 atom stereocenters. The molecule has 0 aliphatic carbocycles. The van der Waals surface area contributed by atoms with Gasteiger partial charge in [-0.2, -0.15) is 0 Å². The van der Waals surface area contributed by atoms with Crippen molar-refractivity contribution in [3.05, 3.63) is 53.6 Å². The van der Waals surface area contributed by atoms with E-state index in [-0.39, 0.29) is 18.1 Å². The number of benzene rings is 2. The molecule has 0 unspecified atom stereocenters. The molecular formula is C21H28N2O3. The standard InChI is InChI=1S/C21H28N2O3/c1-15-9-11-17(12-10-15)23-19(24)14-26-20-16(13-22-21(2,3)4)7-6-8-18(20)25-5/h6-12,22H,13-14H2,1-5H3,(H,23,24). The van der Waals surface area contributed by atoms with Crippen molar-refractivity contribution in [2.24, 2.45) is 0 Å². The molecule has 26 heavy (non-hydrogen) atoms. The molecule has 2 N–H and O–H groups in total. The van der Waals surface area contributed by atoms with Gasteiger partial charge in [-0.05, 0) is 45.9 Å². The Labute approximate surface area is 155 Å². The third-order valence-corrected chi connectivity index (χ3v) is 3.77. The van der Waals surface area contributed by atoms with Crippen molar-refractivity contribution in [3.8, 4) is 11.5 Å². The number of hydrogen-bond acceptors (Lipinski definition) is 4. The minimum absolute atomic E-state index is 0.0246. The summed E-state index contributed by atoms with van der Waals surface area (Å²) in [5.41, 5.74) is 2.81. The molecule has 0 heterocycles. The Bertz CT molecular complexity index is 734. The highest BCUT2D eigenvalue weighted by atomic mass is 16.5. The van der Waals surface area contributed by atoms with Gasteiger partial charge in [-0.15, -0.1) is 0 Å². The topological polar surface area (TPSA) is 59.6 Å². The minimum atomic E-state index is -0.213. The molecule has 5 heteroatoms. The van der Waals surface area contributed by atoms with E-state index in [0.29, 0.717) is 18.0 Å². The third kappa shape index (κ3) is 6.08. The Morgan fingerprint density at radius 2 is 1.77 bits per heavy atom. The molecule has 2 aromatic rings. The summed E-state index contributed by atoms with van der Waals surface area (Å²) in [6.07, 6.45) is 0. The molecule has 0 spiro atoms. The van der Waals surface area contributed by atoms with E-state index < -0.39 is 0 Å². The van der Waals surface area contributed by atoms with Crippen molar-refractivity contribution in [2.45, 2.75) is 39.8 Å². The summed E-state index contributed by atoms with van der Waals surface area (Å²) < 4.78 is 11.2. The van der Waals surface area contributed by atoms with Crippen molar-refractivity contribution < 1.29 is 14.3 Å². The van der Waals surface area contributed by atoms with E-state index in [1.165, 1.54) is 0 Å². The van der Waals surface area contributed by atoms with Crippen LogP contribution in [-0.4, -0.2) is 25.2 Å². The number of hydrogen-bond donors (Lipinski definition) is 2. The van der Waals surface area contributed by atoms with E-state index in [1.807, 2.05) is 49.4 Å². The average molecular weight is 356 g/mol. The average Bonchev–Trinajstić information content (AvgIpc) is 2.59. The van der Waals surface area contributed by atoms with Crippen LogP contribution in [0.25, 0.3) is 0 Å². The number of methoxy groups -OCH3 is 1. The number of amides is 1. The Balaban J connectivity index is 2.04. The third-order valence-electron chi connectivity index (χ3n) is 3.77. The first-order valence-electron chi connectivity index (χ1n) is 8.69. The first kappa shape index (κ1) is 19.8. The van der Waals surface area contributed by atoms with Crippen LogP contribution in [0.5, 0.6) is 11.5 Å². The number of nitrogens with one attached hydrogen (secondary N) is 2. The van der Waals surface area contributed by atoms with Crippen LogP contribution in [0, 0.1) is 6.92 Å². The van der Waals surface area contributed by atoms with Gasteiger partial charge in [0.1, 0.15) is 0 Å². The molecule has 2 rings (SSSR count). The lowest BCUT2D eigenvalue weighted by atomic mass is 10.1. The predicted molar refractivity (Wildman–Crippen MR) is 105 cm³/mol. The number of anilines is 1. The predicted octanol–water partition coefficient (Wildman–Crippen LogP) is 3.91. The van der Waals surface area contributed by atoms with Crippen LogP contribution in [-0.2, 0) is 11.3 Å².